The Labute approximate surface area is 276 Å². The molecule has 0 radical (unpaired) electrons. The average molecular weight is 628 g/mol. The Balaban J connectivity index is 0.00000188. The highest BCUT2D eigenvalue weighted by Crippen LogP contribution is 2.53. The molecular weight excluding hydrogens is 591 g/mol. The predicted molar refractivity (Wildman–Crippen MR) is 203 cm³/mol. The van der Waals surface area contributed by atoms with Crippen molar-refractivity contribution in [3.05, 3.63) is 159 Å². The van der Waals surface area contributed by atoms with Gasteiger partial charge in [-0.25, -0.2) is 0 Å². The van der Waals surface area contributed by atoms with Gasteiger partial charge in [-0.3, -0.25) is 4.99 Å². The lowest BCUT2D eigenvalue weighted by Crippen LogP contribution is -2.16. The molecule has 0 saturated carbocycles. The standard InChI is InChI=1S/C39H33NS2.CH4S/c1-6-15-27-28-16-11-13-22-35(28)42-34(27)21-9-7-8-20-33(40-5)30-18-14-23-36-38(30)37-29-17-10-12-19-31(29)39(3,4)32(37)25-24-26(2)41-36;1-2/h6-25H,2,5H2,1,3-4H3;2H,1H3/b8-7-,15-6+,21-9-,25-24-,33-20-;. The molecule has 0 unspecified atom stereocenters. The molecule has 3 aromatic carbocycles. The van der Waals surface area contributed by atoms with Gasteiger partial charge < -0.3 is 0 Å². The molecule has 0 N–H and O–H groups in total. The van der Waals surface area contributed by atoms with Crippen LogP contribution in [0, 0.1) is 0 Å². The fraction of sp³-hybridized carbons (Fsp3) is 0.125. The molecule has 4 aromatic rings. The highest BCUT2D eigenvalue weighted by atomic mass is 32.2. The predicted octanol–water partition coefficient (Wildman–Crippen LogP) is 12.1. The van der Waals surface area contributed by atoms with E-state index in [1.54, 1.807) is 18.0 Å². The van der Waals surface area contributed by atoms with Crippen LogP contribution in [0.5, 0.6) is 0 Å². The van der Waals surface area contributed by atoms with Gasteiger partial charge in [-0.15, -0.1) is 11.3 Å². The first-order valence-corrected chi connectivity index (χ1v) is 17.1. The zero-order valence-corrected chi connectivity index (χ0v) is 28.2. The third-order valence-electron chi connectivity index (χ3n) is 7.93. The van der Waals surface area contributed by atoms with E-state index in [0.29, 0.717) is 0 Å². The molecule has 2 aliphatic rings. The van der Waals surface area contributed by atoms with E-state index in [1.165, 1.54) is 53.3 Å². The number of benzene rings is 3. The second-order valence-electron chi connectivity index (χ2n) is 10.9. The smallest absolute Gasteiger partial charge is 0.0701 e. The van der Waals surface area contributed by atoms with Crippen molar-refractivity contribution < 1.29 is 0 Å². The van der Waals surface area contributed by atoms with Crippen LogP contribution in [0.25, 0.3) is 33.5 Å². The van der Waals surface area contributed by atoms with Gasteiger partial charge in [0.2, 0.25) is 0 Å². The third kappa shape index (κ3) is 5.95. The molecule has 6 rings (SSSR count). The second kappa shape index (κ2) is 13.9. The Hall–Kier alpha value is -3.83. The minimum atomic E-state index is -0.121. The van der Waals surface area contributed by atoms with Gasteiger partial charge in [0, 0.05) is 41.3 Å². The van der Waals surface area contributed by atoms with Gasteiger partial charge in [0.1, 0.15) is 0 Å². The molecule has 0 amide bonds. The van der Waals surface area contributed by atoms with E-state index in [2.05, 4.69) is 173 Å². The van der Waals surface area contributed by atoms with Crippen molar-refractivity contribution in [2.45, 2.75) is 31.1 Å². The third-order valence-corrected chi connectivity index (χ3v) is 10.0. The maximum absolute atomic E-state index is 4.53. The molecule has 0 atom stereocenters. The number of aliphatic imine (C=N–C) groups is 1. The van der Waals surface area contributed by atoms with Gasteiger partial charge in [-0.1, -0.05) is 123 Å². The summed E-state index contributed by atoms with van der Waals surface area (Å²) in [4.78, 5) is 7.98. The van der Waals surface area contributed by atoms with Gasteiger partial charge >= 0.3 is 0 Å². The molecule has 0 saturated heterocycles. The maximum Gasteiger partial charge on any atom is 0.0701 e. The summed E-state index contributed by atoms with van der Waals surface area (Å²) in [5, 5.41) is 1.29. The van der Waals surface area contributed by atoms with E-state index < -0.39 is 0 Å². The van der Waals surface area contributed by atoms with E-state index in [4.69, 9.17) is 0 Å². The van der Waals surface area contributed by atoms with Gasteiger partial charge in [-0.2, -0.15) is 12.6 Å². The Morgan fingerprint density at radius 3 is 2.45 bits per heavy atom. The van der Waals surface area contributed by atoms with Crippen LogP contribution < -0.4 is 0 Å². The molecule has 0 spiro atoms. The molecular formula is C40H37NS3. The largest absolute Gasteiger partial charge is 0.264 e. The summed E-state index contributed by atoms with van der Waals surface area (Å²) < 4.78 is 1.30. The van der Waals surface area contributed by atoms with E-state index in [9.17, 15) is 0 Å². The highest BCUT2D eigenvalue weighted by Gasteiger charge is 2.38. The number of hydrogen-bond donors (Lipinski definition) is 1. The van der Waals surface area contributed by atoms with Crippen LogP contribution in [-0.4, -0.2) is 13.0 Å². The van der Waals surface area contributed by atoms with Gasteiger partial charge in [-0.05, 0) is 78.1 Å². The van der Waals surface area contributed by atoms with Crippen LogP contribution in [-0.2, 0) is 5.41 Å². The monoisotopic (exact) mass is 627 g/mol. The van der Waals surface area contributed by atoms with Crippen molar-refractivity contribution in [3.63, 3.8) is 0 Å². The van der Waals surface area contributed by atoms with Crippen LogP contribution >= 0.6 is 35.7 Å². The van der Waals surface area contributed by atoms with E-state index in [0.717, 1.165) is 16.2 Å². The zero-order valence-electron chi connectivity index (χ0n) is 25.7. The molecule has 0 bridgehead atoms. The summed E-state index contributed by atoms with van der Waals surface area (Å²) in [5.41, 5.74) is 9.48. The van der Waals surface area contributed by atoms with E-state index in [1.807, 2.05) is 11.3 Å². The van der Waals surface area contributed by atoms with Gasteiger partial charge in [0.15, 0.2) is 0 Å². The van der Waals surface area contributed by atoms with Crippen LogP contribution in [0.2, 0.25) is 0 Å². The lowest BCUT2D eigenvalue weighted by Gasteiger charge is -2.24. The van der Waals surface area contributed by atoms with Crippen molar-refractivity contribution >= 4 is 76.0 Å². The van der Waals surface area contributed by atoms with Crippen molar-refractivity contribution in [2.24, 2.45) is 4.99 Å². The lowest BCUT2D eigenvalue weighted by molar-refractivity contribution is 0.654. The number of thiophene rings is 1. The minimum Gasteiger partial charge on any atom is -0.264 e. The first kappa shape index (κ1) is 31.6. The van der Waals surface area contributed by atoms with Crippen molar-refractivity contribution in [1.29, 1.82) is 0 Å². The molecule has 1 nitrogen and oxygen atoms in total. The molecule has 4 heteroatoms. The summed E-state index contributed by atoms with van der Waals surface area (Å²) in [5.74, 6) is 0. The van der Waals surface area contributed by atoms with E-state index >= 15 is 0 Å². The molecule has 1 aliphatic heterocycles. The normalized spacial score (nSPS) is 16.5. The molecule has 1 aromatic heterocycles. The summed E-state index contributed by atoms with van der Waals surface area (Å²) >= 11 is 7.05. The quantitative estimate of drug-likeness (QED) is 0.127. The number of thioether (sulfide) groups is 1. The van der Waals surface area contributed by atoms with Gasteiger partial charge in [0.05, 0.1) is 5.70 Å². The summed E-state index contributed by atoms with van der Waals surface area (Å²) in [6.07, 6.45) is 20.9. The molecule has 1 aliphatic carbocycles. The topological polar surface area (TPSA) is 12.4 Å². The average Bonchev–Trinajstić information content (AvgIpc) is 3.49. The van der Waals surface area contributed by atoms with Crippen LogP contribution in [0.4, 0.5) is 0 Å². The molecule has 220 valence electrons. The molecule has 2 heterocycles. The number of hydrogen-bond acceptors (Lipinski definition) is 4. The summed E-state index contributed by atoms with van der Waals surface area (Å²) in [7, 11) is 0. The summed E-state index contributed by atoms with van der Waals surface area (Å²) in [6.45, 7) is 15.0. The van der Waals surface area contributed by atoms with Crippen LogP contribution in [0.15, 0.2) is 136 Å². The molecule has 0 fully saturated rings. The molecule has 44 heavy (non-hydrogen) atoms. The van der Waals surface area contributed by atoms with E-state index in [-0.39, 0.29) is 5.41 Å². The lowest BCUT2D eigenvalue weighted by atomic mass is 9.80. The fourth-order valence-electron chi connectivity index (χ4n) is 5.98. The number of rotatable bonds is 6. The Kier molecular flexibility index (Phi) is 9.95. The first-order valence-electron chi connectivity index (χ1n) is 14.6. The fourth-order valence-corrected chi connectivity index (χ4v) is 7.96. The number of allylic oxidation sites excluding steroid dienone is 8. The Bertz CT molecular complexity index is 1920. The second-order valence-corrected chi connectivity index (χ2v) is 13.1. The Morgan fingerprint density at radius 2 is 1.66 bits per heavy atom. The summed E-state index contributed by atoms with van der Waals surface area (Å²) in [6, 6.07) is 23.8. The number of thiol groups is 1. The van der Waals surface area contributed by atoms with Crippen molar-refractivity contribution in [1.82, 2.24) is 0 Å². The number of nitrogens with zero attached hydrogens (tertiary/aromatic N) is 1. The maximum atomic E-state index is 4.53. The first-order chi connectivity index (χ1) is 21.4. The van der Waals surface area contributed by atoms with Crippen LogP contribution in [0.3, 0.4) is 0 Å². The Morgan fingerprint density at radius 1 is 0.886 bits per heavy atom. The van der Waals surface area contributed by atoms with Gasteiger partial charge in [0.25, 0.3) is 0 Å². The van der Waals surface area contributed by atoms with Crippen molar-refractivity contribution in [2.75, 3.05) is 6.26 Å². The van der Waals surface area contributed by atoms with Crippen molar-refractivity contribution in [3.8, 4) is 0 Å². The highest BCUT2D eigenvalue weighted by molar-refractivity contribution is 8.03. The minimum absolute atomic E-state index is 0.121. The number of fused-ring (bicyclic) bond motifs is 5. The SMILES string of the molecule is C=N\C(=C/C=C\C=C/c1sc2ccccc2c1/C=C/C)c1cccc2c1C1=C(/C=C\C(=C)S2)C(C)(C)c2ccccc21.CS. The zero-order chi connectivity index (χ0) is 31.3. The van der Waals surface area contributed by atoms with Crippen LogP contribution in [0.1, 0.15) is 53.5 Å².